The number of hydrogen-bond donors (Lipinski definition) is 1. The molecule has 0 radical (unpaired) electrons. The topological polar surface area (TPSA) is 76.5 Å². The molecule has 1 N–H and O–H groups in total. The van der Waals surface area contributed by atoms with Crippen molar-refractivity contribution in [2.45, 2.75) is 38.8 Å². The summed E-state index contributed by atoms with van der Waals surface area (Å²) in [5.41, 5.74) is 0.509. The molecule has 0 bridgehead atoms. The first-order chi connectivity index (χ1) is 10.4. The number of amides is 1. The first-order valence-corrected chi connectivity index (χ1v) is 8.11. The number of halogens is 1. The van der Waals surface area contributed by atoms with E-state index in [-0.39, 0.29) is 23.8 Å². The van der Waals surface area contributed by atoms with Gasteiger partial charge in [-0.3, -0.25) is 4.79 Å². The molecule has 7 nitrogen and oxygen atoms in total. The van der Waals surface area contributed by atoms with Gasteiger partial charge in [0.05, 0.1) is 18.0 Å². The summed E-state index contributed by atoms with van der Waals surface area (Å²) in [6.07, 6.45) is 2.87. The van der Waals surface area contributed by atoms with Crippen molar-refractivity contribution in [1.29, 1.82) is 0 Å². The Kier molecular flexibility index (Phi) is 5.44. The molecule has 0 unspecified atom stereocenters. The van der Waals surface area contributed by atoms with Crippen LogP contribution in [0, 0.1) is 0 Å². The lowest BCUT2D eigenvalue weighted by Gasteiger charge is -2.32. The van der Waals surface area contributed by atoms with E-state index in [1.807, 2.05) is 13.8 Å². The van der Waals surface area contributed by atoms with Crippen LogP contribution in [0.25, 0.3) is 0 Å². The first-order valence-electron chi connectivity index (χ1n) is 7.32. The van der Waals surface area contributed by atoms with E-state index in [0.717, 1.165) is 12.8 Å². The van der Waals surface area contributed by atoms with Gasteiger partial charge in [-0.15, -0.1) is 0 Å². The molecule has 1 amide bonds. The summed E-state index contributed by atoms with van der Waals surface area (Å²) in [7, 11) is 1.61. The molecule has 22 heavy (non-hydrogen) atoms. The van der Waals surface area contributed by atoms with Gasteiger partial charge in [0.1, 0.15) is 4.47 Å². The Morgan fingerprint density at radius 1 is 1.45 bits per heavy atom. The fourth-order valence-corrected chi connectivity index (χ4v) is 2.79. The number of likely N-dealkylation sites (tertiary alicyclic amines) is 1. The number of carbonyl (C=O) groups is 1. The van der Waals surface area contributed by atoms with Crippen LogP contribution in [0.5, 0.6) is 0 Å². The van der Waals surface area contributed by atoms with E-state index in [1.54, 1.807) is 18.1 Å². The lowest BCUT2D eigenvalue weighted by Crippen LogP contribution is -2.43. The van der Waals surface area contributed by atoms with E-state index >= 15 is 0 Å². The van der Waals surface area contributed by atoms with Crippen LogP contribution in [0.1, 0.15) is 26.7 Å². The van der Waals surface area contributed by atoms with Gasteiger partial charge in [-0.05, 0) is 42.6 Å². The summed E-state index contributed by atoms with van der Waals surface area (Å²) in [6, 6.07) is 0.202. The van der Waals surface area contributed by atoms with Gasteiger partial charge in [0, 0.05) is 26.2 Å². The van der Waals surface area contributed by atoms with Gasteiger partial charge >= 0.3 is 6.09 Å². The molecule has 1 aliphatic rings. The molecule has 0 spiro atoms. The minimum Gasteiger partial charge on any atom is -0.447 e. The second-order valence-corrected chi connectivity index (χ2v) is 6.43. The van der Waals surface area contributed by atoms with Crippen molar-refractivity contribution in [1.82, 2.24) is 14.7 Å². The van der Waals surface area contributed by atoms with Gasteiger partial charge in [0.25, 0.3) is 5.56 Å². The third-order valence-corrected chi connectivity index (χ3v) is 4.29. The van der Waals surface area contributed by atoms with Crippen LogP contribution in [0.15, 0.2) is 15.5 Å². The van der Waals surface area contributed by atoms with Crippen LogP contribution in [0.3, 0.4) is 0 Å². The van der Waals surface area contributed by atoms with Gasteiger partial charge in [-0.25, -0.2) is 9.48 Å². The summed E-state index contributed by atoms with van der Waals surface area (Å²) >= 11 is 3.30. The molecule has 1 aliphatic heterocycles. The van der Waals surface area contributed by atoms with Crippen LogP contribution in [0.4, 0.5) is 10.5 Å². The fraction of sp³-hybridized carbons (Fsp3) is 0.643. The summed E-state index contributed by atoms with van der Waals surface area (Å²) in [5.74, 6) is 0. The molecule has 2 heterocycles. The number of ether oxygens (including phenoxy) is 1. The Morgan fingerprint density at radius 2 is 2.09 bits per heavy atom. The third-order valence-electron chi connectivity index (χ3n) is 3.53. The van der Waals surface area contributed by atoms with E-state index in [0.29, 0.717) is 23.2 Å². The lowest BCUT2D eigenvalue weighted by molar-refractivity contribution is 0.0701. The van der Waals surface area contributed by atoms with Crippen molar-refractivity contribution >= 4 is 27.7 Å². The summed E-state index contributed by atoms with van der Waals surface area (Å²) in [4.78, 5) is 25.4. The Balaban J connectivity index is 1.92. The lowest BCUT2D eigenvalue weighted by atomic mass is 10.1. The Bertz CT molecular complexity index is 594. The van der Waals surface area contributed by atoms with E-state index < -0.39 is 0 Å². The largest absolute Gasteiger partial charge is 0.447 e. The average Bonchev–Trinajstić information content (AvgIpc) is 2.48. The number of aromatic nitrogens is 2. The van der Waals surface area contributed by atoms with Crippen molar-refractivity contribution in [2.24, 2.45) is 7.05 Å². The maximum atomic E-state index is 11.8. The minimum atomic E-state index is -0.259. The summed E-state index contributed by atoms with van der Waals surface area (Å²) < 4.78 is 6.95. The number of piperidine rings is 1. The highest BCUT2D eigenvalue weighted by molar-refractivity contribution is 9.10. The zero-order valence-corrected chi connectivity index (χ0v) is 14.6. The van der Waals surface area contributed by atoms with Gasteiger partial charge in [0.2, 0.25) is 0 Å². The maximum absolute atomic E-state index is 11.8. The Labute approximate surface area is 137 Å². The number of nitrogens with zero attached hydrogens (tertiary/aromatic N) is 3. The van der Waals surface area contributed by atoms with Crippen LogP contribution in [0.2, 0.25) is 0 Å². The Morgan fingerprint density at radius 3 is 2.68 bits per heavy atom. The minimum absolute atomic E-state index is 0.106. The zero-order chi connectivity index (χ0) is 16.3. The predicted molar refractivity (Wildman–Crippen MR) is 87.0 cm³/mol. The molecule has 2 rings (SSSR count). The first kappa shape index (κ1) is 16.8. The van der Waals surface area contributed by atoms with Crippen LogP contribution in [-0.2, 0) is 11.8 Å². The van der Waals surface area contributed by atoms with Gasteiger partial charge in [0.15, 0.2) is 0 Å². The predicted octanol–water partition coefficient (Wildman–Crippen LogP) is 1.96. The Hall–Kier alpha value is -1.57. The van der Waals surface area contributed by atoms with Crippen molar-refractivity contribution < 1.29 is 9.53 Å². The van der Waals surface area contributed by atoms with Crippen molar-refractivity contribution in [3.05, 3.63) is 21.0 Å². The van der Waals surface area contributed by atoms with Crippen molar-refractivity contribution in [3.8, 4) is 0 Å². The SMILES string of the molecule is CC(C)OC(=O)N1CCC(Nc2cnn(C)c(=O)c2Br)CC1. The molecule has 0 aromatic carbocycles. The fourth-order valence-electron chi connectivity index (χ4n) is 2.31. The normalized spacial score (nSPS) is 16.0. The molecule has 1 fully saturated rings. The van der Waals surface area contributed by atoms with Crippen molar-refractivity contribution in [2.75, 3.05) is 18.4 Å². The molecule has 0 saturated carbocycles. The monoisotopic (exact) mass is 372 g/mol. The molecular weight excluding hydrogens is 352 g/mol. The average molecular weight is 373 g/mol. The highest BCUT2D eigenvalue weighted by Gasteiger charge is 2.24. The van der Waals surface area contributed by atoms with Gasteiger partial charge in [-0.1, -0.05) is 0 Å². The van der Waals surface area contributed by atoms with E-state index in [4.69, 9.17) is 4.74 Å². The van der Waals surface area contributed by atoms with E-state index in [1.165, 1.54) is 4.68 Å². The molecular formula is C14H21BrN4O3. The number of carbonyl (C=O) groups excluding carboxylic acids is 1. The van der Waals surface area contributed by atoms with Crippen LogP contribution in [-0.4, -0.2) is 46.0 Å². The maximum Gasteiger partial charge on any atom is 0.410 e. The number of anilines is 1. The number of aryl methyl sites for hydroxylation is 1. The van der Waals surface area contributed by atoms with Crippen LogP contribution < -0.4 is 10.9 Å². The molecule has 0 aliphatic carbocycles. The number of rotatable bonds is 3. The molecule has 0 atom stereocenters. The van der Waals surface area contributed by atoms with E-state index in [2.05, 4.69) is 26.3 Å². The second kappa shape index (κ2) is 7.13. The van der Waals surface area contributed by atoms with E-state index in [9.17, 15) is 9.59 Å². The smallest absolute Gasteiger partial charge is 0.410 e. The molecule has 1 aromatic heterocycles. The third kappa shape index (κ3) is 4.00. The quantitative estimate of drug-likeness (QED) is 0.877. The van der Waals surface area contributed by atoms with Crippen LogP contribution >= 0.6 is 15.9 Å². The number of nitrogens with one attached hydrogen (secondary N) is 1. The molecule has 8 heteroatoms. The second-order valence-electron chi connectivity index (χ2n) is 5.64. The standard InChI is InChI=1S/C14H21BrN4O3/c1-9(2)22-14(21)19-6-4-10(5-7-19)17-11-8-16-18(3)13(20)12(11)15/h8-10,17H,4-7H2,1-3H3. The summed E-state index contributed by atoms with van der Waals surface area (Å²) in [6.45, 7) is 4.96. The molecule has 122 valence electrons. The highest BCUT2D eigenvalue weighted by atomic mass is 79.9. The molecule has 1 saturated heterocycles. The van der Waals surface area contributed by atoms with Crippen molar-refractivity contribution in [3.63, 3.8) is 0 Å². The highest BCUT2D eigenvalue weighted by Crippen LogP contribution is 2.21. The summed E-state index contributed by atoms with van der Waals surface area (Å²) in [5, 5.41) is 7.32. The van der Waals surface area contributed by atoms with Gasteiger partial charge < -0.3 is 15.0 Å². The zero-order valence-electron chi connectivity index (χ0n) is 13.0. The molecule has 1 aromatic rings. The number of hydrogen-bond acceptors (Lipinski definition) is 5. The van der Waals surface area contributed by atoms with Gasteiger partial charge in [-0.2, -0.15) is 5.10 Å².